The summed E-state index contributed by atoms with van der Waals surface area (Å²) in [6.07, 6.45) is -0.890. The smallest absolute Gasteiger partial charge is 0.459 e. The number of carbonyl (C=O) groups excluding carboxylic acids is 1. The summed E-state index contributed by atoms with van der Waals surface area (Å²) in [5, 5.41) is 13.2. The number of hydrogen-bond donors (Lipinski definition) is 3. The number of ether oxygens (including phenoxy) is 1. The first-order valence-corrected chi connectivity index (χ1v) is 13.0. The van der Waals surface area contributed by atoms with Gasteiger partial charge in [-0.2, -0.15) is 5.09 Å². The molecule has 11 nitrogen and oxygen atoms in total. The van der Waals surface area contributed by atoms with Crippen LogP contribution in [0.3, 0.4) is 0 Å². The Kier molecular flexibility index (Phi) is 8.55. The van der Waals surface area contributed by atoms with E-state index in [4.69, 9.17) is 13.8 Å². The van der Waals surface area contributed by atoms with Crippen molar-refractivity contribution < 1.29 is 32.6 Å². The molecule has 0 spiro atoms. The van der Waals surface area contributed by atoms with Crippen molar-refractivity contribution in [2.75, 3.05) is 6.61 Å². The summed E-state index contributed by atoms with van der Waals surface area (Å²) in [4.78, 5) is 37.9. The second kappa shape index (κ2) is 11.1. The van der Waals surface area contributed by atoms with E-state index in [-0.39, 0.29) is 12.2 Å². The van der Waals surface area contributed by atoms with Crippen molar-refractivity contribution in [3.05, 3.63) is 63.4 Å². The quantitative estimate of drug-likeness (QED) is 0.313. The Morgan fingerprint density at radius 3 is 2.56 bits per heavy atom. The first-order chi connectivity index (χ1) is 16.8. The standard InChI is InChI=1S/C23H31FN3O8P/c1-14(2)34-21(30)15(3)26-36(32,35-17-8-6-5-7-9-17)33-13-16-12-18(23(4,24)20(16)29)27-11-10-19(28)25-22(27)31/h5-11,14-16,18,20,29H,12-13H2,1-4H3,(H,26,32)(H,25,28,31)/t15-,16+,18+,20+,23-,36?/m0/s1. The molecule has 0 bridgehead atoms. The third kappa shape index (κ3) is 6.50. The molecule has 6 atom stereocenters. The lowest BCUT2D eigenvalue weighted by atomic mass is 9.98. The van der Waals surface area contributed by atoms with Crippen LogP contribution in [0.5, 0.6) is 5.75 Å². The number of aliphatic hydroxyl groups is 1. The Balaban J connectivity index is 1.80. The largest absolute Gasteiger partial charge is 0.462 e. The molecule has 3 N–H and O–H groups in total. The number of nitrogens with one attached hydrogen (secondary N) is 2. The highest BCUT2D eigenvalue weighted by molar-refractivity contribution is 7.52. The number of para-hydroxylation sites is 1. The molecule has 1 aromatic heterocycles. The van der Waals surface area contributed by atoms with E-state index in [0.29, 0.717) is 0 Å². The molecule has 1 unspecified atom stereocenters. The second-order valence-corrected chi connectivity index (χ2v) is 10.9. The summed E-state index contributed by atoms with van der Waals surface area (Å²) in [6.45, 7) is 5.48. The number of hydrogen-bond acceptors (Lipinski definition) is 8. The Labute approximate surface area is 207 Å². The fraction of sp³-hybridized carbons (Fsp3) is 0.522. The molecule has 36 heavy (non-hydrogen) atoms. The molecular formula is C23H31FN3O8P. The lowest BCUT2D eigenvalue weighted by Gasteiger charge is -2.28. The molecule has 0 saturated heterocycles. The number of alkyl halides is 1. The minimum atomic E-state index is -4.22. The number of nitrogens with zero attached hydrogens (tertiary/aromatic N) is 1. The van der Waals surface area contributed by atoms with Gasteiger partial charge >= 0.3 is 19.4 Å². The molecule has 3 rings (SSSR count). The third-order valence-corrected chi connectivity index (χ3v) is 7.52. The molecule has 0 amide bonds. The number of aliphatic hydroxyl groups excluding tert-OH is 1. The van der Waals surface area contributed by atoms with Gasteiger partial charge in [0.05, 0.1) is 24.9 Å². The van der Waals surface area contributed by atoms with Gasteiger partial charge in [0.25, 0.3) is 5.56 Å². The van der Waals surface area contributed by atoms with Crippen LogP contribution < -0.4 is 20.9 Å². The molecule has 0 radical (unpaired) electrons. The van der Waals surface area contributed by atoms with Gasteiger partial charge in [-0.15, -0.1) is 0 Å². The molecule has 1 aliphatic carbocycles. The normalized spacial score (nSPS) is 26.4. The molecule has 1 fully saturated rings. The van der Waals surface area contributed by atoms with Crippen molar-refractivity contribution in [2.45, 2.75) is 64.1 Å². The van der Waals surface area contributed by atoms with Crippen LogP contribution in [0.1, 0.15) is 40.2 Å². The van der Waals surface area contributed by atoms with Crippen molar-refractivity contribution in [3.8, 4) is 5.75 Å². The molecule has 0 aliphatic heterocycles. The zero-order chi connectivity index (χ0) is 26.7. The summed E-state index contributed by atoms with van der Waals surface area (Å²) in [5.74, 6) is -1.38. The van der Waals surface area contributed by atoms with Gasteiger partial charge in [0.1, 0.15) is 11.8 Å². The van der Waals surface area contributed by atoms with E-state index in [1.807, 2.05) is 0 Å². The minimum absolute atomic E-state index is 0.0591. The number of halogens is 1. The van der Waals surface area contributed by atoms with E-state index >= 15 is 4.39 Å². The fourth-order valence-corrected chi connectivity index (χ4v) is 5.60. The number of aromatic amines is 1. The maximum atomic E-state index is 15.6. The maximum Gasteiger partial charge on any atom is 0.459 e. The van der Waals surface area contributed by atoms with E-state index < -0.39 is 67.4 Å². The van der Waals surface area contributed by atoms with E-state index in [0.717, 1.165) is 23.8 Å². The highest BCUT2D eigenvalue weighted by Gasteiger charge is 2.54. The third-order valence-electron chi connectivity index (χ3n) is 5.87. The van der Waals surface area contributed by atoms with Gasteiger partial charge in [0.2, 0.25) is 0 Å². The molecule has 1 aromatic carbocycles. The SMILES string of the molecule is CC(C)OC(=O)[C@H](C)NP(=O)(OC[C@H]1C[C@@H](n2ccc(=O)[nH]c2=O)[C@](C)(F)[C@@H]1O)Oc1ccccc1. The molecule has 13 heteroatoms. The number of carbonyl (C=O) groups is 1. The van der Waals surface area contributed by atoms with Crippen LogP contribution in [-0.2, 0) is 18.6 Å². The molecule has 1 saturated carbocycles. The minimum Gasteiger partial charge on any atom is -0.462 e. The first kappa shape index (κ1) is 27.8. The van der Waals surface area contributed by atoms with Crippen LogP contribution in [0.4, 0.5) is 4.39 Å². The van der Waals surface area contributed by atoms with Crippen LogP contribution >= 0.6 is 7.75 Å². The summed E-state index contributed by atoms with van der Waals surface area (Å²) in [5.41, 5.74) is -3.71. The molecule has 1 aliphatic rings. The second-order valence-electron chi connectivity index (χ2n) is 9.16. The van der Waals surface area contributed by atoms with Crippen LogP contribution in [0.2, 0.25) is 0 Å². The van der Waals surface area contributed by atoms with Gasteiger partial charge < -0.3 is 14.4 Å². The monoisotopic (exact) mass is 527 g/mol. The van der Waals surface area contributed by atoms with Gasteiger partial charge in [0, 0.05) is 18.2 Å². The van der Waals surface area contributed by atoms with Crippen molar-refractivity contribution in [3.63, 3.8) is 0 Å². The van der Waals surface area contributed by atoms with Gasteiger partial charge in [0.15, 0.2) is 5.67 Å². The molecule has 198 valence electrons. The van der Waals surface area contributed by atoms with Gasteiger partial charge in [-0.3, -0.25) is 23.7 Å². The van der Waals surface area contributed by atoms with Crippen molar-refractivity contribution >= 4 is 13.7 Å². The van der Waals surface area contributed by atoms with Crippen LogP contribution in [0, 0.1) is 5.92 Å². The number of H-pyrrole nitrogens is 1. The van der Waals surface area contributed by atoms with Crippen LogP contribution in [-0.4, -0.2) is 51.2 Å². The topological polar surface area (TPSA) is 149 Å². The Bertz CT molecular complexity index is 1220. The lowest BCUT2D eigenvalue weighted by Crippen LogP contribution is -2.43. The maximum absolute atomic E-state index is 15.6. The summed E-state index contributed by atoms with van der Waals surface area (Å²) >= 11 is 0. The van der Waals surface area contributed by atoms with Gasteiger partial charge in [-0.25, -0.2) is 13.8 Å². The first-order valence-electron chi connectivity index (χ1n) is 11.5. The summed E-state index contributed by atoms with van der Waals surface area (Å²) < 4.78 is 46.5. The van der Waals surface area contributed by atoms with Crippen molar-refractivity contribution in [1.29, 1.82) is 0 Å². The highest BCUT2D eigenvalue weighted by Crippen LogP contribution is 2.49. The van der Waals surface area contributed by atoms with Gasteiger partial charge in [-0.05, 0) is 46.2 Å². The number of rotatable bonds is 10. The molecule has 2 aromatic rings. The Morgan fingerprint density at radius 1 is 1.28 bits per heavy atom. The number of esters is 1. The zero-order valence-corrected chi connectivity index (χ0v) is 21.3. The lowest BCUT2D eigenvalue weighted by molar-refractivity contribution is -0.149. The van der Waals surface area contributed by atoms with E-state index in [2.05, 4.69) is 10.1 Å². The summed E-state index contributed by atoms with van der Waals surface area (Å²) in [6, 6.07) is 6.99. The van der Waals surface area contributed by atoms with Crippen molar-refractivity contribution in [1.82, 2.24) is 14.6 Å². The van der Waals surface area contributed by atoms with Crippen LogP contribution in [0.25, 0.3) is 0 Å². The molecule has 1 heterocycles. The van der Waals surface area contributed by atoms with Crippen molar-refractivity contribution in [2.24, 2.45) is 5.92 Å². The average molecular weight is 527 g/mol. The number of aromatic nitrogens is 2. The predicted octanol–water partition coefficient (Wildman–Crippen LogP) is 2.32. The molecular weight excluding hydrogens is 496 g/mol. The average Bonchev–Trinajstić information content (AvgIpc) is 3.01. The number of benzene rings is 1. The van der Waals surface area contributed by atoms with E-state index in [9.17, 15) is 24.1 Å². The zero-order valence-electron chi connectivity index (χ0n) is 20.4. The summed E-state index contributed by atoms with van der Waals surface area (Å²) in [7, 11) is -4.22. The Hall–Kier alpha value is -2.79. The van der Waals surface area contributed by atoms with Gasteiger partial charge in [-0.1, -0.05) is 18.2 Å². The highest BCUT2D eigenvalue weighted by atomic mass is 31.2. The van der Waals surface area contributed by atoms with Crippen LogP contribution in [0.15, 0.2) is 52.2 Å². The van der Waals surface area contributed by atoms with E-state index in [1.165, 1.54) is 19.1 Å². The Morgan fingerprint density at radius 2 is 1.94 bits per heavy atom. The fourth-order valence-electron chi connectivity index (χ4n) is 4.05. The predicted molar refractivity (Wildman–Crippen MR) is 128 cm³/mol. The van der Waals surface area contributed by atoms with E-state index in [1.54, 1.807) is 32.0 Å².